The van der Waals surface area contributed by atoms with Gasteiger partial charge in [-0.3, -0.25) is 9.78 Å². The Morgan fingerprint density at radius 1 is 1.24 bits per heavy atom. The highest BCUT2D eigenvalue weighted by Gasteiger charge is 2.30. The van der Waals surface area contributed by atoms with Gasteiger partial charge in [-0.25, -0.2) is 4.79 Å². The molecule has 1 aromatic rings. The average molecular weight is 346 g/mol. The number of aliphatic hydroxyl groups is 1. The van der Waals surface area contributed by atoms with E-state index >= 15 is 0 Å². The molecule has 25 heavy (non-hydrogen) atoms. The van der Waals surface area contributed by atoms with E-state index in [1.54, 1.807) is 17.2 Å². The number of urea groups is 1. The fraction of sp³-hybridized carbons (Fsp3) is 0.611. The summed E-state index contributed by atoms with van der Waals surface area (Å²) in [6.45, 7) is 0.967. The highest BCUT2D eigenvalue weighted by atomic mass is 16.3. The number of aromatic nitrogens is 1. The molecule has 1 saturated carbocycles. The smallest absolute Gasteiger partial charge is 0.317 e. The Kier molecular flexibility index (Phi) is 5.86. The van der Waals surface area contributed by atoms with E-state index in [0.29, 0.717) is 24.3 Å². The number of anilines is 1. The molecule has 1 aliphatic heterocycles. The Morgan fingerprint density at radius 3 is 2.80 bits per heavy atom. The minimum Gasteiger partial charge on any atom is -0.392 e. The Morgan fingerprint density at radius 2 is 2.04 bits per heavy atom. The summed E-state index contributed by atoms with van der Waals surface area (Å²) >= 11 is 0. The van der Waals surface area contributed by atoms with Gasteiger partial charge in [-0.1, -0.05) is 12.8 Å². The van der Waals surface area contributed by atoms with Crippen molar-refractivity contribution in [2.75, 3.05) is 18.4 Å². The monoisotopic (exact) mass is 346 g/mol. The van der Waals surface area contributed by atoms with Gasteiger partial charge in [-0.05, 0) is 31.7 Å². The van der Waals surface area contributed by atoms with Crippen molar-refractivity contribution in [2.45, 2.75) is 51.2 Å². The summed E-state index contributed by atoms with van der Waals surface area (Å²) in [6.07, 6.45) is 9.14. The van der Waals surface area contributed by atoms with Crippen LogP contribution in [0.5, 0.6) is 0 Å². The number of carbonyl (C=O) groups excluding carboxylic acids is 2. The molecule has 2 aliphatic rings. The normalized spacial score (nSPS) is 21.2. The lowest BCUT2D eigenvalue weighted by Gasteiger charge is -2.33. The van der Waals surface area contributed by atoms with Crippen molar-refractivity contribution in [3.8, 4) is 0 Å². The third-order valence-electron chi connectivity index (χ3n) is 5.10. The lowest BCUT2D eigenvalue weighted by atomic mass is 9.97. The summed E-state index contributed by atoms with van der Waals surface area (Å²) in [7, 11) is 0. The molecule has 2 heterocycles. The molecular formula is C18H26N4O3. The zero-order chi connectivity index (χ0) is 17.6. The molecule has 1 aliphatic carbocycles. The van der Waals surface area contributed by atoms with Gasteiger partial charge in [0.25, 0.3) is 0 Å². The number of hydrogen-bond acceptors (Lipinski definition) is 4. The van der Waals surface area contributed by atoms with Crippen molar-refractivity contribution in [3.05, 3.63) is 24.0 Å². The van der Waals surface area contributed by atoms with Gasteiger partial charge < -0.3 is 20.6 Å². The molecule has 1 aromatic heterocycles. The number of likely N-dealkylation sites (tertiary alicyclic amines) is 1. The predicted molar refractivity (Wildman–Crippen MR) is 93.9 cm³/mol. The van der Waals surface area contributed by atoms with Crippen LogP contribution in [0.25, 0.3) is 0 Å². The van der Waals surface area contributed by atoms with Crippen LogP contribution in [0.2, 0.25) is 0 Å². The largest absolute Gasteiger partial charge is 0.392 e. The number of rotatable bonds is 4. The van der Waals surface area contributed by atoms with Crippen molar-refractivity contribution in [1.82, 2.24) is 15.2 Å². The fourth-order valence-electron chi connectivity index (χ4n) is 3.62. The van der Waals surface area contributed by atoms with Crippen LogP contribution >= 0.6 is 0 Å². The highest BCUT2D eigenvalue weighted by molar-refractivity contribution is 5.93. The van der Waals surface area contributed by atoms with Crippen molar-refractivity contribution < 1.29 is 14.7 Å². The van der Waals surface area contributed by atoms with Crippen LogP contribution in [0.1, 0.15) is 44.1 Å². The van der Waals surface area contributed by atoms with Gasteiger partial charge in [0.05, 0.1) is 24.4 Å². The maximum atomic E-state index is 12.6. The van der Waals surface area contributed by atoms with Crippen molar-refractivity contribution in [1.29, 1.82) is 0 Å². The third-order valence-corrected chi connectivity index (χ3v) is 5.10. The Labute approximate surface area is 147 Å². The Hall–Kier alpha value is -2.15. The second-order valence-electron chi connectivity index (χ2n) is 6.90. The molecule has 3 rings (SSSR count). The van der Waals surface area contributed by atoms with E-state index in [4.69, 9.17) is 0 Å². The number of hydrogen-bond donors (Lipinski definition) is 3. The number of aliphatic hydroxyl groups excluding tert-OH is 1. The summed E-state index contributed by atoms with van der Waals surface area (Å²) in [4.78, 5) is 30.7. The van der Waals surface area contributed by atoms with E-state index in [-0.39, 0.29) is 30.5 Å². The predicted octanol–water partition coefficient (Wildman–Crippen LogP) is 1.88. The van der Waals surface area contributed by atoms with E-state index in [2.05, 4.69) is 15.6 Å². The third kappa shape index (κ3) is 4.48. The molecule has 0 radical (unpaired) electrons. The topological polar surface area (TPSA) is 94.6 Å². The first-order chi connectivity index (χ1) is 12.2. The first kappa shape index (κ1) is 17.7. The molecule has 1 unspecified atom stereocenters. The van der Waals surface area contributed by atoms with Gasteiger partial charge in [0.1, 0.15) is 0 Å². The van der Waals surface area contributed by atoms with Gasteiger partial charge in [0.2, 0.25) is 5.91 Å². The molecule has 7 nitrogen and oxygen atoms in total. The Balaban J connectivity index is 1.56. The number of nitrogens with one attached hydrogen (secondary N) is 2. The Bertz CT molecular complexity index is 616. The van der Waals surface area contributed by atoms with Crippen LogP contribution in [-0.2, 0) is 11.4 Å². The molecule has 3 N–H and O–H groups in total. The molecule has 1 saturated heterocycles. The van der Waals surface area contributed by atoms with Crippen molar-refractivity contribution in [3.63, 3.8) is 0 Å². The van der Waals surface area contributed by atoms with E-state index in [9.17, 15) is 14.7 Å². The quantitative estimate of drug-likeness (QED) is 0.776. The maximum Gasteiger partial charge on any atom is 0.317 e. The molecule has 1 atom stereocenters. The summed E-state index contributed by atoms with van der Waals surface area (Å²) in [5, 5.41) is 15.3. The average Bonchev–Trinajstić information content (AvgIpc) is 3.15. The van der Waals surface area contributed by atoms with Crippen LogP contribution in [0.4, 0.5) is 10.5 Å². The number of pyridine rings is 1. The number of piperidine rings is 1. The first-order valence-electron chi connectivity index (χ1n) is 9.07. The zero-order valence-corrected chi connectivity index (χ0v) is 14.4. The maximum absolute atomic E-state index is 12.6. The first-order valence-corrected chi connectivity index (χ1v) is 9.07. The second kappa shape index (κ2) is 8.29. The molecule has 0 bridgehead atoms. The van der Waals surface area contributed by atoms with Crippen LogP contribution in [-0.4, -0.2) is 46.1 Å². The van der Waals surface area contributed by atoms with Crippen LogP contribution in [0.15, 0.2) is 18.5 Å². The number of carbonyl (C=O) groups is 2. The van der Waals surface area contributed by atoms with E-state index in [1.165, 1.54) is 19.0 Å². The van der Waals surface area contributed by atoms with Gasteiger partial charge in [-0.2, -0.15) is 0 Å². The molecule has 0 spiro atoms. The molecule has 7 heteroatoms. The summed E-state index contributed by atoms with van der Waals surface area (Å²) in [5.74, 6) is -0.365. The van der Waals surface area contributed by atoms with Crippen molar-refractivity contribution in [2.24, 2.45) is 5.92 Å². The van der Waals surface area contributed by atoms with Gasteiger partial charge in [0, 0.05) is 30.9 Å². The van der Waals surface area contributed by atoms with Crippen molar-refractivity contribution >= 4 is 17.6 Å². The van der Waals surface area contributed by atoms with E-state index < -0.39 is 0 Å². The summed E-state index contributed by atoms with van der Waals surface area (Å²) in [6, 6.07) is 1.91. The fourth-order valence-corrected chi connectivity index (χ4v) is 3.62. The second-order valence-corrected chi connectivity index (χ2v) is 6.90. The minimum absolute atomic E-state index is 0.0539. The molecule has 3 amide bonds. The summed E-state index contributed by atoms with van der Waals surface area (Å²) in [5.41, 5.74) is 1.16. The van der Waals surface area contributed by atoms with E-state index in [0.717, 1.165) is 25.7 Å². The number of amides is 3. The van der Waals surface area contributed by atoms with Gasteiger partial charge in [-0.15, -0.1) is 0 Å². The minimum atomic E-state index is -0.241. The lowest BCUT2D eigenvalue weighted by Crippen LogP contribution is -2.49. The zero-order valence-electron chi connectivity index (χ0n) is 14.4. The van der Waals surface area contributed by atoms with Gasteiger partial charge in [0.15, 0.2) is 0 Å². The molecule has 136 valence electrons. The lowest BCUT2D eigenvalue weighted by molar-refractivity contribution is -0.121. The number of nitrogens with zero attached hydrogens (tertiary/aromatic N) is 2. The SMILES string of the molecule is O=C(Nc1cnccc1CO)C1CCCN(C(=O)NC2CCCC2)C1. The van der Waals surface area contributed by atoms with Gasteiger partial charge >= 0.3 is 6.03 Å². The van der Waals surface area contributed by atoms with E-state index in [1.807, 2.05) is 0 Å². The molecule has 2 fully saturated rings. The molecular weight excluding hydrogens is 320 g/mol. The van der Waals surface area contributed by atoms with Crippen LogP contribution < -0.4 is 10.6 Å². The molecule has 0 aromatic carbocycles. The van der Waals surface area contributed by atoms with Crippen LogP contribution in [0.3, 0.4) is 0 Å². The highest BCUT2D eigenvalue weighted by Crippen LogP contribution is 2.22. The standard InChI is InChI=1S/C18H26N4O3/c23-12-14-7-8-19-10-16(14)21-17(24)13-4-3-9-22(11-13)18(25)20-15-5-1-2-6-15/h7-8,10,13,15,23H,1-6,9,11-12H2,(H,20,25)(H,21,24). The van der Waals surface area contributed by atoms with Crippen LogP contribution in [0, 0.1) is 5.92 Å². The summed E-state index contributed by atoms with van der Waals surface area (Å²) < 4.78 is 0.